The van der Waals surface area contributed by atoms with Crippen LogP contribution in [-0.2, 0) is 10.3 Å². The Morgan fingerprint density at radius 3 is 1.57 bits per heavy atom. The van der Waals surface area contributed by atoms with E-state index in [4.69, 9.17) is 4.74 Å². The fourth-order valence-corrected chi connectivity index (χ4v) is 2.96. The lowest BCUT2D eigenvalue weighted by Crippen LogP contribution is -2.72. The topological polar surface area (TPSA) is 18.5 Å². The average molecular weight is 576 g/mol. The molecule has 2 nitrogen and oxygen atoms in total. The number of benzene rings is 1. The Kier molecular flexibility index (Phi) is 8.83. The molecule has 0 heterocycles. The summed E-state index contributed by atoms with van der Waals surface area (Å²) in [5, 5.41) is 0. The normalized spacial score (nSPS) is 16.5. The Balaban J connectivity index is 3.56. The van der Waals surface area contributed by atoms with Crippen molar-refractivity contribution in [2.75, 3.05) is 13.7 Å². The minimum Gasteiger partial charge on any atom is -0.494 e. The molecule has 1 aromatic rings. The van der Waals surface area contributed by atoms with Gasteiger partial charge < -0.3 is 9.47 Å². The molecule has 1 rings (SSSR count). The largest absolute Gasteiger partial charge is 0.494 e. The van der Waals surface area contributed by atoms with E-state index in [-0.39, 0.29) is 12.4 Å². The number of hydrogen-bond donors (Lipinski definition) is 0. The highest BCUT2D eigenvalue weighted by molar-refractivity contribution is 5.33. The summed E-state index contributed by atoms with van der Waals surface area (Å²) in [6.07, 6.45) is -9.85. The molecule has 216 valence electrons. The molecule has 0 bridgehead atoms. The number of halogens is 15. The molecule has 0 aliphatic heterocycles. The Bertz CT molecular complexity index is 927. The standard InChI is InChI=1S/C20H19F15O2/c1-4-8-37-12-7-5-6-11(9-12)13(2,36-3)10-14(21,22)15(23,24)16(25,26)17(27,28)18(29,30)19(31,32)20(33,34)35/h5-7,9H,4,8,10H2,1-3H3. The van der Waals surface area contributed by atoms with Gasteiger partial charge in [-0.15, -0.1) is 0 Å². The van der Waals surface area contributed by atoms with Crippen LogP contribution in [0.4, 0.5) is 65.9 Å². The van der Waals surface area contributed by atoms with Crippen LogP contribution in [0.3, 0.4) is 0 Å². The summed E-state index contributed by atoms with van der Waals surface area (Å²) in [7, 11) is 0.596. The van der Waals surface area contributed by atoms with Gasteiger partial charge in [0.25, 0.3) is 0 Å². The quantitative estimate of drug-likeness (QED) is 0.234. The van der Waals surface area contributed by atoms with Gasteiger partial charge in [-0.1, -0.05) is 19.1 Å². The Morgan fingerprint density at radius 2 is 1.14 bits per heavy atom. The summed E-state index contributed by atoms with van der Waals surface area (Å²) in [5.41, 5.74) is -3.23. The summed E-state index contributed by atoms with van der Waals surface area (Å²) in [6, 6.07) is 4.20. The van der Waals surface area contributed by atoms with E-state index in [2.05, 4.69) is 4.74 Å². The van der Waals surface area contributed by atoms with Gasteiger partial charge in [0.05, 0.1) is 18.6 Å². The molecular weight excluding hydrogens is 557 g/mol. The lowest BCUT2D eigenvalue weighted by Gasteiger charge is -2.43. The van der Waals surface area contributed by atoms with Crippen LogP contribution in [-0.4, -0.2) is 55.4 Å². The van der Waals surface area contributed by atoms with Gasteiger partial charge in [-0.25, -0.2) is 0 Å². The highest BCUT2D eigenvalue weighted by Crippen LogP contribution is 2.63. The zero-order chi connectivity index (χ0) is 29.5. The maximum Gasteiger partial charge on any atom is 0.460 e. The van der Waals surface area contributed by atoms with Crippen molar-refractivity contribution in [3.05, 3.63) is 29.8 Å². The van der Waals surface area contributed by atoms with Crippen molar-refractivity contribution >= 4 is 0 Å². The first kappa shape index (κ1) is 33.0. The van der Waals surface area contributed by atoms with E-state index in [0.29, 0.717) is 20.5 Å². The Hall–Kier alpha value is -2.07. The first-order chi connectivity index (χ1) is 16.3. The molecule has 0 aliphatic rings. The summed E-state index contributed by atoms with van der Waals surface area (Å²) in [6.45, 7) is 2.31. The highest BCUT2D eigenvalue weighted by Gasteiger charge is 2.93. The molecule has 0 fully saturated rings. The fraction of sp³-hybridized carbons (Fsp3) is 0.700. The molecule has 1 unspecified atom stereocenters. The third-order valence-corrected chi connectivity index (χ3v) is 5.32. The van der Waals surface area contributed by atoms with Crippen molar-refractivity contribution in [3.8, 4) is 5.75 Å². The lowest BCUT2D eigenvalue weighted by molar-refractivity contribution is -0.453. The SMILES string of the molecule is CCCOc1cccc(C(C)(CC(F)(F)C(F)(F)C(F)(F)C(F)(F)C(F)(F)C(F)(F)C(F)(F)F)OC)c1. The van der Waals surface area contributed by atoms with Gasteiger partial charge in [0.15, 0.2) is 0 Å². The minimum atomic E-state index is -8.33. The number of hydrogen-bond acceptors (Lipinski definition) is 2. The van der Waals surface area contributed by atoms with Crippen LogP contribution in [0.1, 0.15) is 32.3 Å². The summed E-state index contributed by atoms with van der Waals surface area (Å²) < 4.78 is 212. The monoisotopic (exact) mass is 576 g/mol. The second-order valence-corrected chi connectivity index (χ2v) is 8.06. The van der Waals surface area contributed by atoms with Gasteiger partial charge in [0, 0.05) is 7.11 Å². The maximum absolute atomic E-state index is 14.5. The van der Waals surface area contributed by atoms with Crippen LogP contribution in [0.15, 0.2) is 24.3 Å². The molecule has 0 saturated heterocycles. The van der Waals surface area contributed by atoms with E-state index >= 15 is 0 Å². The summed E-state index contributed by atoms with van der Waals surface area (Å²) in [5.74, 6) is -46.9. The number of methoxy groups -OCH3 is 1. The Labute approximate surface area is 199 Å². The van der Waals surface area contributed by atoms with E-state index in [1.54, 1.807) is 6.92 Å². The highest BCUT2D eigenvalue weighted by atomic mass is 19.4. The predicted molar refractivity (Wildman–Crippen MR) is 96.9 cm³/mol. The smallest absolute Gasteiger partial charge is 0.460 e. The van der Waals surface area contributed by atoms with Gasteiger partial charge >= 0.3 is 41.7 Å². The zero-order valence-corrected chi connectivity index (χ0v) is 18.9. The van der Waals surface area contributed by atoms with Crippen LogP contribution in [0.5, 0.6) is 5.75 Å². The second kappa shape index (κ2) is 9.91. The molecule has 1 atom stereocenters. The third kappa shape index (κ3) is 5.28. The van der Waals surface area contributed by atoms with Crippen LogP contribution >= 0.6 is 0 Å². The van der Waals surface area contributed by atoms with Gasteiger partial charge in [0.1, 0.15) is 5.75 Å². The van der Waals surface area contributed by atoms with Crippen molar-refractivity contribution in [1.82, 2.24) is 0 Å². The predicted octanol–water partition coefficient (Wildman–Crippen LogP) is 8.10. The maximum atomic E-state index is 14.5. The summed E-state index contributed by atoms with van der Waals surface area (Å²) >= 11 is 0. The van der Waals surface area contributed by atoms with E-state index in [0.717, 1.165) is 18.2 Å². The second-order valence-electron chi connectivity index (χ2n) is 8.06. The number of alkyl halides is 15. The van der Waals surface area contributed by atoms with Crippen LogP contribution in [0, 0.1) is 0 Å². The molecule has 1 aromatic carbocycles. The van der Waals surface area contributed by atoms with Crippen LogP contribution in [0.2, 0.25) is 0 Å². The van der Waals surface area contributed by atoms with Gasteiger partial charge in [-0.2, -0.15) is 65.9 Å². The van der Waals surface area contributed by atoms with Gasteiger partial charge in [-0.3, -0.25) is 0 Å². The van der Waals surface area contributed by atoms with Gasteiger partial charge in [-0.05, 0) is 31.0 Å². The fourth-order valence-electron chi connectivity index (χ4n) is 2.96. The minimum absolute atomic E-state index is 0.0661. The third-order valence-electron chi connectivity index (χ3n) is 5.32. The average Bonchev–Trinajstić information content (AvgIpc) is 2.76. The number of rotatable bonds is 12. The first-order valence-corrected chi connectivity index (χ1v) is 9.93. The molecule has 0 spiro atoms. The van der Waals surface area contributed by atoms with E-state index in [1.165, 1.54) is 6.07 Å². The molecule has 0 N–H and O–H groups in total. The van der Waals surface area contributed by atoms with Crippen LogP contribution in [0.25, 0.3) is 0 Å². The van der Waals surface area contributed by atoms with Crippen molar-refractivity contribution in [3.63, 3.8) is 0 Å². The van der Waals surface area contributed by atoms with Crippen molar-refractivity contribution < 1.29 is 75.3 Å². The first-order valence-electron chi connectivity index (χ1n) is 9.93. The van der Waals surface area contributed by atoms with Crippen molar-refractivity contribution in [1.29, 1.82) is 0 Å². The molecule has 0 aromatic heterocycles. The number of ether oxygens (including phenoxy) is 2. The summed E-state index contributed by atoms with van der Waals surface area (Å²) in [4.78, 5) is 0. The molecular formula is C20H19F15O2. The molecule has 0 saturated carbocycles. The Morgan fingerprint density at radius 1 is 0.676 bits per heavy atom. The van der Waals surface area contributed by atoms with Gasteiger partial charge in [0.2, 0.25) is 0 Å². The molecule has 0 aliphatic carbocycles. The molecule has 17 heteroatoms. The van der Waals surface area contributed by atoms with Crippen LogP contribution < -0.4 is 4.74 Å². The molecule has 37 heavy (non-hydrogen) atoms. The van der Waals surface area contributed by atoms with E-state index in [1.807, 2.05) is 0 Å². The molecule has 0 radical (unpaired) electrons. The lowest BCUT2D eigenvalue weighted by atomic mass is 9.83. The van der Waals surface area contributed by atoms with Crippen molar-refractivity contribution in [2.24, 2.45) is 0 Å². The molecule has 0 amide bonds. The van der Waals surface area contributed by atoms with E-state index in [9.17, 15) is 65.9 Å². The zero-order valence-electron chi connectivity index (χ0n) is 18.9. The van der Waals surface area contributed by atoms with E-state index < -0.39 is 59.3 Å². The van der Waals surface area contributed by atoms with Crippen molar-refractivity contribution in [2.45, 2.75) is 74.0 Å².